The topological polar surface area (TPSA) is 178 Å². The van der Waals surface area contributed by atoms with E-state index in [-0.39, 0.29) is 19.6 Å². The average molecular weight is 963 g/mol. The van der Waals surface area contributed by atoms with Crippen LogP contribution in [-0.2, 0) is 38.3 Å². The SMILES string of the molecule is CC/C=C\C/C=C\C/C=C\C/C=C\C/C=C\C/C=C\CCCCC(=O)OC(COCCCCCCCCCC/C=C\C/C=C\CCCCCC)COC1OC(CO)C(O)C(OS(=O)(=O)O)C1O. The summed E-state index contributed by atoms with van der Waals surface area (Å²) in [4.78, 5) is 12.9. The third kappa shape index (κ3) is 37.6. The fraction of sp³-hybridized carbons (Fsp3) is 0.685. The highest BCUT2D eigenvalue weighted by atomic mass is 32.3. The van der Waals surface area contributed by atoms with E-state index in [1.54, 1.807) is 0 Å². The van der Waals surface area contributed by atoms with E-state index in [1.807, 2.05) is 0 Å². The van der Waals surface area contributed by atoms with Crippen molar-refractivity contribution in [1.29, 1.82) is 0 Å². The normalized spacial score (nSPS) is 20.2. The lowest BCUT2D eigenvalue weighted by atomic mass is 9.99. The van der Waals surface area contributed by atoms with Crippen LogP contribution in [-0.4, -0.2) is 97.5 Å². The molecule has 1 rings (SSSR count). The second-order valence-corrected chi connectivity index (χ2v) is 18.1. The van der Waals surface area contributed by atoms with Crippen molar-refractivity contribution in [2.24, 2.45) is 0 Å². The van der Waals surface area contributed by atoms with E-state index < -0.39 is 59.8 Å². The van der Waals surface area contributed by atoms with Crippen LogP contribution < -0.4 is 0 Å². The maximum absolute atomic E-state index is 12.9. The highest BCUT2D eigenvalue weighted by Crippen LogP contribution is 2.26. The third-order valence-corrected chi connectivity index (χ3v) is 11.4. The molecule has 0 bridgehead atoms. The summed E-state index contributed by atoms with van der Waals surface area (Å²) in [5.74, 6) is -0.446. The highest BCUT2D eigenvalue weighted by molar-refractivity contribution is 7.80. The molecule has 1 saturated heterocycles. The largest absolute Gasteiger partial charge is 0.457 e. The predicted molar refractivity (Wildman–Crippen MR) is 271 cm³/mol. The zero-order valence-corrected chi connectivity index (χ0v) is 42.0. The van der Waals surface area contributed by atoms with E-state index in [0.29, 0.717) is 13.0 Å². The van der Waals surface area contributed by atoms with Crippen LogP contribution in [0.3, 0.4) is 0 Å². The Bertz CT molecular complexity index is 1530. The molecular weight excluding hydrogens is 873 g/mol. The number of rotatable bonds is 43. The van der Waals surface area contributed by atoms with Crippen molar-refractivity contribution in [1.82, 2.24) is 0 Å². The molecule has 0 saturated carbocycles. The Morgan fingerprint density at radius 3 is 1.51 bits per heavy atom. The van der Waals surface area contributed by atoms with Gasteiger partial charge >= 0.3 is 16.4 Å². The second-order valence-electron chi connectivity index (χ2n) is 17.0. The molecule has 13 heteroatoms. The molecule has 0 aromatic heterocycles. The molecule has 0 spiro atoms. The Morgan fingerprint density at radius 2 is 1.03 bits per heavy atom. The summed E-state index contributed by atoms with van der Waals surface area (Å²) in [5, 5.41) is 30.8. The smallest absolute Gasteiger partial charge is 0.397 e. The number of esters is 1. The molecule has 0 aliphatic carbocycles. The molecule has 6 atom stereocenters. The van der Waals surface area contributed by atoms with E-state index in [4.69, 9.17) is 18.9 Å². The molecule has 1 fully saturated rings. The number of aliphatic hydroxyl groups excluding tert-OH is 3. The molecule has 12 nitrogen and oxygen atoms in total. The second kappa shape index (κ2) is 44.2. The standard InChI is InChI=1S/C54H90O12S/c1-3-5-7-9-11-13-15-17-19-21-23-24-25-27-29-31-33-35-37-39-41-43-50(56)64-48(47-63-54-52(58)53(66-67(59,60)61)51(57)49(45-55)65-54)46-62-44-42-40-38-36-34-32-30-28-26-22-20-18-16-14-12-10-8-6-4-2/h5,7,11,13-14,16-17,19-20,22-24,27,29,33,35,48-49,51-55,57-58H,3-4,6,8-10,12,15,18,21,25-26,28,30-32,34,36-47H2,1-2H3,(H,59,60,61)/b7-5-,13-11-,16-14-,19-17-,22-20-,24-23-,29-27-,35-33-. The van der Waals surface area contributed by atoms with Gasteiger partial charge in [0.1, 0.15) is 30.5 Å². The molecule has 1 heterocycles. The lowest BCUT2D eigenvalue weighted by Crippen LogP contribution is -2.60. The van der Waals surface area contributed by atoms with Gasteiger partial charge in [-0.25, -0.2) is 4.18 Å². The first-order valence-electron chi connectivity index (χ1n) is 25.5. The first-order chi connectivity index (χ1) is 32.6. The molecule has 1 aliphatic rings. The predicted octanol–water partition coefficient (Wildman–Crippen LogP) is 11.8. The summed E-state index contributed by atoms with van der Waals surface area (Å²) < 4.78 is 59.2. The monoisotopic (exact) mass is 963 g/mol. The van der Waals surface area contributed by atoms with Gasteiger partial charge in [-0.3, -0.25) is 9.35 Å². The zero-order valence-electron chi connectivity index (χ0n) is 41.2. The van der Waals surface area contributed by atoms with Crippen LogP contribution in [0.4, 0.5) is 0 Å². The highest BCUT2D eigenvalue weighted by Gasteiger charge is 2.48. The van der Waals surface area contributed by atoms with Crippen LogP contribution in [0.2, 0.25) is 0 Å². The summed E-state index contributed by atoms with van der Waals surface area (Å²) >= 11 is 0. The van der Waals surface area contributed by atoms with E-state index in [1.165, 1.54) is 64.2 Å². The lowest BCUT2D eigenvalue weighted by molar-refractivity contribution is -0.301. The van der Waals surface area contributed by atoms with Crippen LogP contribution in [0.25, 0.3) is 0 Å². The van der Waals surface area contributed by atoms with Crippen LogP contribution in [0, 0.1) is 0 Å². The van der Waals surface area contributed by atoms with Gasteiger partial charge in [-0.2, -0.15) is 8.42 Å². The van der Waals surface area contributed by atoms with Crippen LogP contribution in [0.5, 0.6) is 0 Å². The molecule has 0 radical (unpaired) electrons. The Morgan fingerprint density at radius 1 is 0.582 bits per heavy atom. The molecule has 4 N–H and O–H groups in total. The van der Waals surface area contributed by atoms with Gasteiger partial charge in [-0.05, 0) is 96.3 Å². The van der Waals surface area contributed by atoms with Gasteiger partial charge in [0.15, 0.2) is 6.29 Å². The number of allylic oxidation sites excluding steroid dienone is 16. The van der Waals surface area contributed by atoms with Crippen molar-refractivity contribution in [3.05, 3.63) is 97.2 Å². The fourth-order valence-electron chi connectivity index (χ4n) is 7.12. The summed E-state index contributed by atoms with van der Waals surface area (Å²) in [6.07, 6.45) is 51.5. The van der Waals surface area contributed by atoms with E-state index >= 15 is 0 Å². The van der Waals surface area contributed by atoms with E-state index in [9.17, 15) is 33.1 Å². The van der Waals surface area contributed by atoms with Crippen molar-refractivity contribution < 1.29 is 56.2 Å². The number of ether oxygens (including phenoxy) is 4. The first kappa shape index (κ1) is 62.0. The van der Waals surface area contributed by atoms with Crippen LogP contribution in [0.1, 0.15) is 174 Å². The van der Waals surface area contributed by atoms with Crippen LogP contribution >= 0.6 is 0 Å². The van der Waals surface area contributed by atoms with Crippen molar-refractivity contribution in [3.8, 4) is 0 Å². The Hall–Kier alpha value is -2.98. The molecule has 384 valence electrons. The Kier molecular flexibility index (Phi) is 41.0. The molecule has 1 aliphatic heterocycles. The molecule has 0 aromatic rings. The third-order valence-electron chi connectivity index (χ3n) is 10.9. The lowest BCUT2D eigenvalue weighted by Gasteiger charge is -2.41. The maximum Gasteiger partial charge on any atom is 0.397 e. The number of hydrogen-bond donors (Lipinski definition) is 4. The zero-order chi connectivity index (χ0) is 48.9. The van der Waals surface area contributed by atoms with Crippen molar-refractivity contribution in [2.45, 2.75) is 211 Å². The van der Waals surface area contributed by atoms with Crippen molar-refractivity contribution >= 4 is 16.4 Å². The molecule has 0 aromatic carbocycles. The Labute approximate surface area is 406 Å². The Balaban J connectivity index is 2.43. The molecule has 0 amide bonds. The molecule has 67 heavy (non-hydrogen) atoms. The summed E-state index contributed by atoms with van der Waals surface area (Å²) in [6.45, 7) is 3.78. The first-order valence-corrected chi connectivity index (χ1v) is 26.9. The number of carbonyl (C=O) groups is 1. The van der Waals surface area contributed by atoms with E-state index in [2.05, 4.69) is 115 Å². The minimum atomic E-state index is -5.08. The summed E-state index contributed by atoms with van der Waals surface area (Å²) in [5.41, 5.74) is 0. The van der Waals surface area contributed by atoms with Gasteiger partial charge in [-0.15, -0.1) is 0 Å². The summed E-state index contributed by atoms with van der Waals surface area (Å²) in [7, 11) is -5.08. The molecular formula is C54H90O12S. The van der Waals surface area contributed by atoms with E-state index in [0.717, 1.165) is 83.5 Å². The molecule has 6 unspecified atom stereocenters. The average Bonchev–Trinajstić information content (AvgIpc) is 3.30. The number of carbonyl (C=O) groups excluding carboxylic acids is 1. The van der Waals surface area contributed by atoms with Gasteiger partial charge in [0, 0.05) is 13.0 Å². The van der Waals surface area contributed by atoms with Crippen molar-refractivity contribution in [3.63, 3.8) is 0 Å². The quantitative estimate of drug-likeness (QED) is 0.0197. The minimum absolute atomic E-state index is 0.00781. The fourth-order valence-corrected chi connectivity index (χ4v) is 7.63. The number of unbranched alkanes of at least 4 members (excludes halogenated alkanes) is 14. The number of hydrogen-bond acceptors (Lipinski definition) is 11. The van der Waals surface area contributed by atoms with Crippen LogP contribution in [0.15, 0.2) is 97.2 Å². The van der Waals surface area contributed by atoms with Gasteiger partial charge in [-0.1, -0.05) is 169 Å². The van der Waals surface area contributed by atoms with Gasteiger partial charge in [0.2, 0.25) is 0 Å². The van der Waals surface area contributed by atoms with Gasteiger partial charge in [0.05, 0.1) is 19.8 Å². The maximum atomic E-state index is 12.9. The van der Waals surface area contributed by atoms with Gasteiger partial charge < -0.3 is 34.3 Å². The van der Waals surface area contributed by atoms with Crippen molar-refractivity contribution in [2.75, 3.05) is 26.4 Å². The van der Waals surface area contributed by atoms with Gasteiger partial charge in [0.25, 0.3) is 0 Å². The minimum Gasteiger partial charge on any atom is -0.457 e. The summed E-state index contributed by atoms with van der Waals surface area (Å²) in [6, 6.07) is 0. The number of aliphatic hydroxyl groups is 3.